The van der Waals surface area contributed by atoms with Crippen LogP contribution in [-0.4, -0.2) is 36.4 Å². The van der Waals surface area contributed by atoms with Crippen molar-refractivity contribution in [1.82, 2.24) is 35.4 Å². The molecule has 0 radical (unpaired) electrons. The van der Waals surface area contributed by atoms with Gasteiger partial charge in [-0.25, -0.2) is 14.3 Å². The molecule has 0 atom stereocenters. The number of amides is 2. The molecule has 1 aromatic carbocycles. The fourth-order valence-corrected chi connectivity index (χ4v) is 3.61. The van der Waals surface area contributed by atoms with Crippen LogP contribution in [0.3, 0.4) is 0 Å². The number of carbonyl (C=O) groups is 2. The Bertz CT molecular complexity index is 1390. The lowest BCUT2D eigenvalue weighted by Gasteiger charge is -2.13. The average molecular weight is 445 g/mol. The summed E-state index contributed by atoms with van der Waals surface area (Å²) in [4.78, 5) is 42.6. The lowest BCUT2D eigenvalue weighted by atomic mass is 10.1. The van der Waals surface area contributed by atoms with Crippen LogP contribution in [0.15, 0.2) is 59.7 Å². The molecule has 0 aliphatic heterocycles. The van der Waals surface area contributed by atoms with E-state index >= 15 is 0 Å². The molecule has 10 nitrogen and oxygen atoms in total. The number of aromatic nitrogens is 5. The van der Waals surface area contributed by atoms with E-state index in [2.05, 4.69) is 26.0 Å². The molecule has 4 rings (SSSR count). The van der Waals surface area contributed by atoms with Gasteiger partial charge in [0.2, 0.25) is 0 Å². The van der Waals surface area contributed by atoms with Crippen LogP contribution < -0.4 is 16.4 Å². The highest BCUT2D eigenvalue weighted by molar-refractivity contribution is 6.06. The Kier molecular flexibility index (Phi) is 5.99. The second-order valence-electron chi connectivity index (χ2n) is 7.62. The van der Waals surface area contributed by atoms with Gasteiger partial charge < -0.3 is 0 Å². The minimum Gasteiger partial charge on any atom is -0.267 e. The molecule has 2 amide bonds. The Morgan fingerprint density at radius 2 is 1.70 bits per heavy atom. The molecule has 3 heterocycles. The van der Waals surface area contributed by atoms with E-state index < -0.39 is 11.8 Å². The summed E-state index contributed by atoms with van der Waals surface area (Å²) >= 11 is 0. The summed E-state index contributed by atoms with van der Waals surface area (Å²) < 4.78 is 2.82. The Morgan fingerprint density at radius 1 is 1.00 bits per heavy atom. The van der Waals surface area contributed by atoms with E-state index in [0.29, 0.717) is 34.4 Å². The highest BCUT2D eigenvalue weighted by Crippen LogP contribution is 2.22. The fourth-order valence-electron chi connectivity index (χ4n) is 3.61. The van der Waals surface area contributed by atoms with Crippen molar-refractivity contribution >= 4 is 22.6 Å². The number of nitrogens with one attached hydrogen (secondary N) is 2. The van der Waals surface area contributed by atoms with Gasteiger partial charge in [-0.1, -0.05) is 38.1 Å². The SMILES string of the molecule is CCn1nc(C(=O)NNC(=O)c2cnn(-c3ccccn3)c2C(C)C)c2ccccc2c1=O. The molecule has 0 saturated carbocycles. The molecular weight excluding hydrogens is 422 g/mol. The van der Waals surface area contributed by atoms with E-state index in [1.807, 2.05) is 19.9 Å². The Labute approximate surface area is 189 Å². The van der Waals surface area contributed by atoms with Crippen molar-refractivity contribution < 1.29 is 9.59 Å². The van der Waals surface area contributed by atoms with Crippen LogP contribution in [0.2, 0.25) is 0 Å². The summed E-state index contributed by atoms with van der Waals surface area (Å²) in [7, 11) is 0. The molecule has 0 aliphatic carbocycles. The zero-order valence-electron chi connectivity index (χ0n) is 18.4. The van der Waals surface area contributed by atoms with E-state index in [1.165, 1.54) is 10.9 Å². The normalized spacial score (nSPS) is 11.0. The van der Waals surface area contributed by atoms with Crippen LogP contribution in [0.5, 0.6) is 0 Å². The Morgan fingerprint density at radius 3 is 2.36 bits per heavy atom. The van der Waals surface area contributed by atoms with E-state index in [-0.39, 0.29) is 17.2 Å². The minimum absolute atomic E-state index is 0.0373. The van der Waals surface area contributed by atoms with Gasteiger partial charge in [0, 0.05) is 18.1 Å². The van der Waals surface area contributed by atoms with Gasteiger partial charge in [-0.3, -0.25) is 25.2 Å². The number of hydrogen-bond donors (Lipinski definition) is 2. The van der Waals surface area contributed by atoms with Crippen molar-refractivity contribution in [2.24, 2.45) is 0 Å². The van der Waals surface area contributed by atoms with E-state index in [4.69, 9.17) is 0 Å². The Balaban J connectivity index is 1.61. The molecule has 0 bridgehead atoms. The van der Waals surface area contributed by atoms with Gasteiger partial charge in [-0.05, 0) is 31.0 Å². The van der Waals surface area contributed by atoms with E-state index in [9.17, 15) is 14.4 Å². The third-order valence-corrected chi connectivity index (χ3v) is 5.14. The van der Waals surface area contributed by atoms with Gasteiger partial charge in [0.05, 0.1) is 22.8 Å². The number of aryl methyl sites for hydroxylation is 1. The van der Waals surface area contributed by atoms with Crippen LogP contribution >= 0.6 is 0 Å². The van der Waals surface area contributed by atoms with Crippen molar-refractivity contribution in [1.29, 1.82) is 0 Å². The molecule has 168 valence electrons. The van der Waals surface area contributed by atoms with Crippen molar-refractivity contribution in [3.05, 3.63) is 82.2 Å². The molecule has 0 fully saturated rings. The van der Waals surface area contributed by atoms with Crippen molar-refractivity contribution in [2.45, 2.75) is 33.2 Å². The largest absolute Gasteiger partial charge is 0.290 e. The average Bonchev–Trinajstić information content (AvgIpc) is 3.29. The summed E-state index contributed by atoms with van der Waals surface area (Å²) in [5, 5.41) is 9.28. The molecule has 3 aromatic heterocycles. The van der Waals surface area contributed by atoms with Crippen molar-refractivity contribution in [3.8, 4) is 5.82 Å². The lowest BCUT2D eigenvalue weighted by Crippen LogP contribution is -2.43. The quantitative estimate of drug-likeness (QED) is 0.454. The topological polar surface area (TPSA) is 124 Å². The van der Waals surface area contributed by atoms with Crippen LogP contribution in [-0.2, 0) is 6.54 Å². The maximum Gasteiger partial charge on any atom is 0.290 e. The predicted octanol–water partition coefficient (Wildman–Crippen LogP) is 2.20. The number of benzene rings is 1. The molecular formula is C23H23N7O3. The van der Waals surface area contributed by atoms with Crippen molar-refractivity contribution in [2.75, 3.05) is 0 Å². The number of pyridine rings is 1. The second kappa shape index (κ2) is 9.03. The van der Waals surface area contributed by atoms with Gasteiger partial charge in [-0.2, -0.15) is 10.2 Å². The molecule has 0 unspecified atom stereocenters. The van der Waals surface area contributed by atoms with Gasteiger partial charge in [0.1, 0.15) is 0 Å². The molecule has 0 aliphatic rings. The van der Waals surface area contributed by atoms with Crippen LogP contribution in [0.25, 0.3) is 16.6 Å². The molecule has 4 aromatic rings. The zero-order valence-corrected chi connectivity index (χ0v) is 18.4. The highest BCUT2D eigenvalue weighted by Gasteiger charge is 2.23. The van der Waals surface area contributed by atoms with Gasteiger partial charge in [0.25, 0.3) is 17.4 Å². The van der Waals surface area contributed by atoms with E-state index in [0.717, 1.165) is 0 Å². The number of nitrogens with zero attached hydrogens (tertiary/aromatic N) is 5. The Hall–Kier alpha value is -4.34. The van der Waals surface area contributed by atoms with E-state index in [1.54, 1.807) is 54.2 Å². The van der Waals surface area contributed by atoms with Gasteiger partial charge in [0.15, 0.2) is 11.5 Å². The maximum atomic E-state index is 12.9. The monoisotopic (exact) mass is 445 g/mol. The third kappa shape index (κ3) is 4.10. The molecule has 0 spiro atoms. The van der Waals surface area contributed by atoms with Crippen LogP contribution in [0, 0.1) is 0 Å². The standard InChI is InChI=1S/C23H23N7O3/c1-4-29-23(33)16-10-6-5-9-15(16)19(28-29)22(32)27-26-21(31)17-13-25-30(20(17)14(2)3)18-11-7-8-12-24-18/h5-14H,4H2,1-3H3,(H,26,31)(H,27,32). The number of carbonyl (C=O) groups excluding carboxylic acids is 2. The first kappa shape index (κ1) is 21.9. The summed E-state index contributed by atoms with van der Waals surface area (Å²) in [5.74, 6) is -0.612. The fraction of sp³-hybridized carbons (Fsp3) is 0.217. The van der Waals surface area contributed by atoms with Gasteiger partial charge in [-0.15, -0.1) is 0 Å². The number of hydrogen-bond acceptors (Lipinski definition) is 6. The van der Waals surface area contributed by atoms with Crippen LogP contribution in [0.4, 0.5) is 0 Å². The molecule has 0 saturated heterocycles. The summed E-state index contributed by atoms with van der Waals surface area (Å²) in [6, 6.07) is 12.2. The lowest BCUT2D eigenvalue weighted by molar-refractivity contribution is 0.0843. The zero-order chi connectivity index (χ0) is 23.5. The smallest absolute Gasteiger partial charge is 0.267 e. The number of hydrazine groups is 1. The highest BCUT2D eigenvalue weighted by atomic mass is 16.2. The first-order chi connectivity index (χ1) is 15.9. The number of rotatable bonds is 5. The first-order valence-electron chi connectivity index (χ1n) is 10.5. The maximum absolute atomic E-state index is 12.9. The van der Waals surface area contributed by atoms with Crippen LogP contribution in [0.1, 0.15) is 53.2 Å². The summed E-state index contributed by atoms with van der Waals surface area (Å²) in [6.07, 6.45) is 3.09. The number of fused-ring (bicyclic) bond motifs is 1. The predicted molar refractivity (Wildman–Crippen MR) is 122 cm³/mol. The minimum atomic E-state index is -0.634. The van der Waals surface area contributed by atoms with Crippen molar-refractivity contribution in [3.63, 3.8) is 0 Å². The van der Waals surface area contributed by atoms with Gasteiger partial charge >= 0.3 is 0 Å². The summed E-state index contributed by atoms with van der Waals surface area (Å²) in [6.45, 7) is 5.95. The molecule has 33 heavy (non-hydrogen) atoms. The molecule has 2 N–H and O–H groups in total. The second-order valence-corrected chi connectivity index (χ2v) is 7.62. The molecule has 10 heteroatoms. The third-order valence-electron chi connectivity index (χ3n) is 5.14. The first-order valence-corrected chi connectivity index (χ1v) is 10.5. The summed E-state index contributed by atoms with van der Waals surface area (Å²) in [5.41, 5.74) is 5.57.